The number of H-pyrrole nitrogens is 1. The van der Waals surface area contributed by atoms with Crippen LogP contribution < -0.4 is 5.73 Å². The summed E-state index contributed by atoms with van der Waals surface area (Å²) in [5.41, 5.74) is 7.53. The van der Waals surface area contributed by atoms with Crippen molar-refractivity contribution in [1.82, 2.24) is 19.9 Å². The van der Waals surface area contributed by atoms with Crippen molar-refractivity contribution < 1.29 is 0 Å². The van der Waals surface area contributed by atoms with Crippen LogP contribution in [0.3, 0.4) is 0 Å². The molecule has 0 aliphatic heterocycles. The highest BCUT2D eigenvalue weighted by molar-refractivity contribution is 7.99. The lowest BCUT2D eigenvalue weighted by atomic mass is 10.2. The average Bonchev–Trinajstić information content (AvgIpc) is 2.84. The van der Waals surface area contributed by atoms with Gasteiger partial charge in [0.15, 0.2) is 22.1 Å². The molecule has 3 N–H and O–H groups in total. The first-order chi connectivity index (χ1) is 9.26. The number of hydrogen-bond donors (Lipinski definition) is 2. The normalized spacial score (nSPS) is 10.5. The smallest absolute Gasteiger partial charge is 0.172 e. The molecule has 7 heteroatoms. The lowest BCUT2D eigenvalue weighted by Crippen LogP contribution is -1.91. The van der Waals surface area contributed by atoms with E-state index < -0.39 is 0 Å². The van der Waals surface area contributed by atoms with E-state index in [2.05, 4.69) is 26.0 Å². The summed E-state index contributed by atoms with van der Waals surface area (Å²) in [6, 6.07) is 9.34. The molecule has 2 aromatic heterocycles. The summed E-state index contributed by atoms with van der Waals surface area (Å²) in [4.78, 5) is 16.3. The van der Waals surface area contributed by atoms with Gasteiger partial charge in [-0.1, -0.05) is 11.8 Å². The Hall–Kier alpha value is -2.59. The molecule has 0 saturated heterocycles. The van der Waals surface area contributed by atoms with E-state index in [4.69, 9.17) is 11.0 Å². The Balaban J connectivity index is 1.92. The van der Waals surface area contributed by atoms with Gasteiger partial charge in [0, 0.05) is 4.90 Å². The number of imidazole rings is 1. The van der Waals surface area contributed by atoms with Crippen LogP contribution in [0.2, 0.25) is 0 Å². The Morgan fingerprint density at radius 2 is 2.00 bits per heavy atom. The van der Waals surface area contributed by atoms with Gasteiger partial charge in [0.2, 0.25) is 0 Å². The van der Waals surface area contributed by atoms with Crippen LogP contribution in [-0.2, 0) is 0 Å². The van der Waals surface area contributed by atoms with E-state index in [1.807, 2.05) is 12.1 Å². The number of nitrogens with zero attached hydrogens (tertiary/aromatic N) is 4. The third-order valence-electron chi connectivity index (χ3n) is 2.49. The van der Waals surface area contributed by atoms with Crippen LogP contribution in [0.4, 0.5) is 5.82 Å². The lowest BCUT2D eigenvalue weighted by Gasteiger charge is -1.96. The standard InChI is InChI=1S/C12H8N6S/c13-5-7-1-3-8(4-2-7)19-12-17-9-10(14)15-6-16-11(9)18-12/h1-4,6H,(H3,14,15,16,17,18). The zero-order valence-corrected chi connectivity index (χ0v) is 10.5. The highest BCUT2D eigenvalue weighted by Gasteiger charge is 2.08. The van der Waals surface area contributed by atoms with Gasteiger partial charge in [-0.25, -0.2) is 15.0 Å². The van der Waals surface area contributed by atoms with Crippen molar-refractivity contribution in [2.75, 3.05) is 5.73 Å². The van der Waals surface area contributed by atoms with Gasteiger partial charge < -0.3 is 10.7 Å². The maximum atomic E-state index is 8.74. The first kappa shape index (κ1) is 11.5. The summed E-state index contributed by atoms with van der Waals surface area (Å²) in [5.74, 6) is 0.355. The number of nitriles is 1. The fraction of sp³-hybridized carbons (Fsp3) is 0. The fourth-order valence-corrected chi connectivity index (χ4v) is 2.36. The molecule has 6 nitrogen and oxygen atoms in total. The highest BCUT2D eigenvalue weighted by atomic mass is 32.2. The van der Waals surface area contributed by atoms with Crippen molar-refractivity contribution >= 4 is 28.7 Å². The fourth-order valence-electron chi connectivity index (χ4n) is 1.58. The molecule has 19 heavy (non-hydrogen) atoms. The van der Waals surface area contributed by atoms with Gasteiger partial charge in [0.1, 0.15) is 6.33 Å². The second-order valence-corrected chi connectivity index (χ2v) is 4.80. The lowest BCUT2D eigenvalue weighted by molar-refractivity contribution is 1.07. The van der Waals surface area contributed by atoms with Crippen LogP contribution in [0.25, 0.3) is 11.2 Å². The van der Waals surface area contributed by atoms with Crippen LogP contribution in [0.1, 0.15) is 5.56 Å². The molecule has 0 unspecified atom stereocenters. The molecule has 0 radical (unpaired) electrons. The van der Waals surface area contributed by atoms with Gasteiger partial charge in [-0.05, 0) is 24.3 Å². The Kier molecular flexibility index (Phi) is 2.78. The molecule has 3 aromatic rings. The molecular formula is C12H8N6S. The van der Waals surface area contributed by atoms with Gasteiger partial charge in [-0.15, -0.1) is 0 Å². The van der Waals surface area contributed by atoms with Crippen molar-refractivity contribution in [2.24, 2.45) is 0 Å². The third kappa shape index (κ3) is 2.21. The van der Waals surface area contributed by atoms with Crippen molar-refractivity contribution in [3.8, 4) is 6.07 Å². The van der Waals surface area contributed by atoms with Crippen LogP contribution in [0.5, 0.6) is 0 Å². The second kappa shape index (κ2) is 4.59. The third-order valence-corrected chi connectivity index (χ3v) is 3.38. The number of hydrogen-bond acceptors (Lipinski definition) is 6. The van der Waals surface area contributed by atoms with Gasteiger partial charge >= 0.3 is 0 Å². The number of nitrogen functional groups attached to an aromatic ring is 1. The molecule has 92 valence electrons. The van der Waals surface area contributed by atoms with Crippen molar-refractivity contribution in [2.45, 2.75) is 10.1 Å². The minimum Gasteiger partial charge on any atom is -0.382 e. The summed E-state index contributed by atoms with van der Waals surface area (Å²) >= 11 is 1.44. The first-order valence-electron chi connectivity index (χ1n) is 5.40. The number of fused-ring (bicyclic) bond motifs is 1. The molecule has 2 heterocycles. The van der Waals surface area contributed by atoms with Gasteiger partial charge in [0.05, 0.1) is 11.6 Å². The molecular weight excluding hydrogens is 260 g/mol. The largest absolute Gasteiger partial charge is 0.382 e. The molecule has 3 rings (SSSR count). The minimum absolute atomic E-state index is 0.355. The van der Waals surface area contributed by atoms with E-state index in [-0.39, 0.29) is 0 Å². The average molecular weight is 268 g/mol. The predicted molar refractivity (Wildman–Crippen MR) is 71.4 cm³/mol. The Morgan fingerprint density at radius 3 is 2.68 bits per heavy atom. The summed E-state index contributed by atoms with van der Waals surface area (Å²) in [7, 11) is 0. The molecule has 0 spiro atoms. The van der Waals surface area contributed by atoms with E-state index in [0.29, 0.717) is 27.7 Å². The number of nitrogens with one attached hydrogen (secondary N) is 1. The van der Waals surface area contributed by atoms with E-state index in [9.17, 15) is 0 Å². The maximum absolute atomic E-state index is 8.74. The van der Waals surface area contributed by atoms with Crippen molar-refractivity contribution in [3.63, 3.8) is 0 Å². The summed E-state index contributed by atoms with van der Waals surface area (Å²) < 4.78 is 0. The number of nitrogens with two attached hydrogens (primary N) is 1. The second-order valence-electron chi connectivity index (χ2n) is 3.74. The zero-order valence-electron chi connectivity index (χ0n) is 9.66. The summed E-state index contributed by atoms with van der Waals surface area (Å²) in [6.45, 7) is 0. The van der Waals surface area contributed by atoms with Crippen LogP contribution in [0.15, 0.2) is 40.6 Å². The van der Waals surface area contributed by atoms with Crippen molar-refractivity contribution in [1.29, 1.82) is 5.26 Å². The first-order valence-corrected chi connectivity index (χ1v) is 6.22. The number of aromatic nitrogens is 4. The molecule has 0 fully saturated rings. The van der Waals surface area contributed by atoms with Gasteiger partial charge in [-0.2, -0.15) is 5.26 Å². The number of anilines is 1. The molecule has 0 saturated carbocycles. The molecule has 0 bridgehead atoms. The van der Waals surface area contributed by atoms with Gasteiger partial charge in [-0.3, -0.25) is 0 Å². The molecule has 0 aliphatic rings. The molecule has 0 aliphatic carbocycles. The Labute approximate surface area is 112 Å². The van der Waals surface area contributed by atoms with Crippen LogP contribution in [-0.4, -0.2) is 19.9 Å². The van der Waals surface area contributed by atoms with E-state index >= 15 is 0 Å². The molecule has 0 amide bonds. The molecule has 1 aromatic carbocycles. The number of benzene rings is 1. The monoisotopic (exact) mass is 268 g/mol. The maximum Gasteiger partial charge on any atom is 0.172 e. The predicted octanol–water partition coefficient (Wildman–Crippen LogP) is 1.96. The van der Waals surface area contributed by atoms with Crippen LogP contribution >= 0.6 is 11.8 Å². The Bertz CT molecular complexity index is 771. The van der Waals surface area contributed by atoms with E-state index in [1.54, 1.807) is 12.1 Å². The molecule has 0 atom stereocenters. The summed E-state index contributed by atoms with van der Waals surface area (Å²) in [6.07, 6.45) is 1.39. The summed E-state index contributed by atoms with van der Waals surface area (Å²) in [5, 5.41) is 9.43. The number of rotatable bonds is 2. The quantitative estimate of drug-likeness (QED) is 0.736. The number of aromatic amines is 1. The van der Waals surface area contributed by atoms with Crippen LogP contribution in [0, 0.1) is 11.3 Å². The zero-order chi connectivity index (χ0) is 13.2. The minimum atomic E-state index is 0.355. The van der Waals surface area contributed by atoms with Gasteiger partial charge in [0.25, 0.3) is 0 Å². The van der Waals surface area contributed by atoms with E-state index in [0.717, 1.165) is 4.90 Å². The SMILES string of the molecule is N#Cc1ccc(Sc2nc3c(N)ncnc3[nH]2)cc1. The Morgan fingerprint density at radius 1 is 1.21 bits per heavy atom. The highest BCUT2D eigenvalue weighted by Crippen LogP contribution is 2.27. The van der Waals surface area contributed by atoms with Crippen molar-refractivity contribution in [3.05, 3.63) is 36.2 Å². The van der Waals surface area contributed by atoms with E-state index in [1.165, 1.54) is 18.1 Å². The topological polar surface area (TPSA) is 104 Å².